The van der Waals surface area contributed by atoms with E-state index in [0.29, 0.717) is 0 Å². The molecular weight excluding hydrogens is 260 g/mol. The van der Waals surface area contributed by atoms with E-state index in [1.807, 2.05) is 6.26 Å². The molecule has 0 aromatic carbocycles. The zero-order valence-corrected chi connectivity index (χ0v) is 13.4. The highest BCUT2D eigenvalue weighted by molar-refractivity contribution is 7.98. The smallest absolute Gasteiger partial charge is 0.237 e. The molecule has 1 rings (SSSR count). The molecule has 4 nitrogen and oxygen atoms in total. The topological polar surface area (TPSA) is 64.4 Å². The second-order valence-electron chi connectivity index (χ2n) is 5.35. The lowest BCUT2D eigenvalue weighted by molar-refractivity contribution is -0.142. The van der Waals surface area contributed by atoms with Gasteiger partial charge >= 0.3 is 0 Å². The number of nitrogens with one attached hydrogen (secondary N) is 1. The molecule has 2 unspecified atom stereocenters. The van der Waals surface area contributed by atoms with Gasteiger partial charge in [-0.1, -0.05) is 13.8 Å². The van der Waals surface area contributed by atoms with Gasteiger partial charge in [0, 0.05) is 18.6 Å². The summed E-state index contributed by atoms with van der Waals surface area (Å²) in [6, 6.07) is -0.180. The molecule has 0 saturated heterocycles. The van der Waals surface area contributed by atoms with Crippen molar-refractivity contribution in [3.8, 4) is 0 Å². The van der Waals surface area contributed by atoms with E-state index in [-0.39, 0.29) is 29.5 Å². The molecule has 112 valence electrons. The van der Waals surface area contributed by atoms with Gasteiger partial charge in [-0.2, -0.15) is 11.8 Å². The molecule has 0 aromatic rings. The fourth-order valence-electron chi connectivity index (χ4n) is 3.13. The summed E-state index contributed by atoms with van der Waals surface area (Å²) in [5, 5.41) is 3.13. The molecule has 1 fully saturated rings. The van der Waals surface area contributed by atoms with Crippen molar-refractivity contribution in [2.24, 2.45) is 11.1 Å². The lowest BCUT2D eigenvalue weighted by atomic mass is 9.58. The Kier molecular flexibility index (Phi) is 6.63. The summed E-state index contributed by atoms with van der Waals surface area (Å²) in [6.07, 6.45) is 5.96. The average molecular weight is 288 g/mol. The highest BCUT2D eigenvalue weighted by atomic mass is 32.2. The Bertz CT molecular complexity index is 295. The number of hydrogen-bond donors (Lipinski definition) is 2. The summed E-state index contributed by atoms with van der Waals surface area (Å²) in [5.41, 5.74) is 6.00. The third-order valence-electron chi connectivity index (χ3n) is 4.67. The Balaban J connectivity index is 2.55. The van der Waals surface area contributed by atoms with Gasteiger partial charge < -0.3 is 15.8 Å². The number of methoxy groups -OCH3 is 1. The second-order valence-corrected chi connectivity index (χ2v) is 6.34. The predicted molar refractivity (Wildman–Crippen MR) is 81.3 cm³/mol. The van der Waals surface area contributed by atoms with E-state index in [0.717, 1.165) is 31.4 Å². The number of carbonyl (C=O) groups excluding carboxylic acids is 1. The van der Waals surface area contributed by atoms with Crippen molar-refractivity contribution in [1.29, 1.82) is 0 Å². The Morgan fingerprint density at radius 1 is 1.53 bits per heavy atom. The van der Waals surface area contributed by atoms with Crippen molar-refractivity contribution in [2.45, 2.75) is 57.7 Å². The van der Waals surface area contributed by atoms with Crippen LogP contribution in [0.4, 0.5) is 0 Å². The Hall–Kier alpha value is -0.260. The molecule has 0 spiro atoms. The molecule has 0 heterocycles. The first-order chi connectivity index (χ1) is 9.05. The van der Waals surface area contributed by atoms with Crippen molar-refractivity contribution in [2.75, 3.05) is 19.1 Å². The van der Waals surface area contributed by atoms with Crippen LogP contribution in [0.25, 0.3) is 0 Å². The van der Waals surface area contributed by atoms with Gasteiger partial charge in [-0.25, -0.2) is 0 Å². The number of amides is 1. The van der Waals surface area contributed by atoms with E-state index < -0.39 is 0 Å². The van der Waals surface area contributed by atoms with Gasteiger partial charge in [-0.05, 0) is 37.7 Å². The van der Waals surface area contributed by atoms with Gasteiger partial charge in [-0.3, -0.25) is 4.79 Å². The summed E-state index contributed by atoms with van der Waals surface area (Å²) >= 11 is 1.72. The number of rotatable bonds is 8. The van der Waals surface area contributed by atoms with Crippen LogP contribution in [0.3, 0.4) is 0 Å². The Labute approximate surface area is 121 Å². The number of hydrogen-bond acceptors (Lipinski definition) is 4. The van der Waals surface area contributed by atoms with E-state index in [9.17, 15) is 4.79 Å². The summed E-state index contributed by atoms with van der Waals surface area (Å²) in [7, 11) is 1.76. The van der Waals surface area contributed by atoms with E-state index in [1.54, 1.807) is 18.9 Å². The summed E-state index contributed by atoms with van der Waals surface area (Å²) in [5.74, 6) is 0.909. The van der Waals surface area contributed by atoms with Crippen LogP contribution in [-0.2, 0) is 9.53 Å². The quantitative estimate of drug-likeness (QED) is 0.714. The maximum atomic E-state index is 12.1. The normalized spacial score (nSPS) is 26.6. The first-order valence-corrected chi connectivity index (χ1v) is 8.52. The minimum Gasteiger partial charge on any atom is -0.381 e. The van der Waals surface area contributed by atoms with Crippen molar-refractivity contribution < 1.29 is 9.53 Å². The van der Waals surface area contributed by atoms with Gasteiger partial charge in [0.1, 0.15) is 0 Å². The van der Waals surface area contributed by atoms with Gasteiger partial charge in [0.25, 0.3) is 0 Å². The predicted octanol–water partition coefficient (Wildman–Crippen LogP) is 1.78. The van der Waals surface area contributed by atoms with Crippen LogP contribution in [-0.4, -0.2) is 43.2 Å². The van der Waals surface area contributed by atoms with Crippen LogP contribution in [0.5, 0.6) is 0 Å². The minimum absolute atomic E-state index is 0.0140. The highest BCUT2D eigenvalue weighted by Gasteiger charge is 2.53. The number of ether oxygens (including phenoxy) is 1. The molecule has 19 heavy (non-hydrogen) atoms. The molecule has 0 aromatic heterocycles. The lowest BCUT2D eigenvalue weighted by Gasteiger charge is -2.55. The van der Waals surface area contributed by atoms with Crippen LogP contribution >= 0.6 is 11.8 Å². The number of carbonyl (C=O) groups is 1. The molecular formula is C14H28N2O2S. The molecule has 1 aliphatic rings. The largest absolute Gasteiger partial charge is 0.381 e. The van der Waals surface area contributed by atoms with Crippen LogP contribution in [0.15, 0.2) is 0 Å². The summed E-state index contributed by atoms with van der Waals surface area (Å²) in [6.45, 7) is 4.34. The highest BCUT2D eigenvalue weighted by Crippen LogP contribution is 2.48. The van der Waals surface area contributed by atoms with Gasteiger partial charge in [-0.15, -0.1) is 0 Å². The molecule has 3 atom stereocenters. The maximum Gasteiger partial charge on any atom is 0.237 e. The fourth-order valence-corrected chi connectivity index (χ4v) is 3.62. The molecule has 0 aliphatic heterocycles. The van der Waals surface area contributed by atoms with Crippen molar-refractivity contribution in [3.05, 3.63) is 0 Å². The van der Waals surface area contributed by atoms with Gasteiger partial charge in [0.15, 0.2) is 0 Å². The van der Waals surface area contributed by atoms with Crippen LogP contribution < -0.4 is 11.1 Å². The van der Waals surface area contributed by atoms with Crippen molar-refractivity contribution in [3.63, 3.8) is 0 Å². The van der Waals surface area contributed by atoms with E-state index in [1.165, 1.54) is 0 Å². The van der Waals surface area contributed by atoms with E-state index in [4.69, 9.17) is 10.5 Å². The first-order valence-electron chi connectivity index (χ1n) is 7.13. The third kappa shape index (κ3) is 3.44. The van der Waals surface area contributed by atoms with Crippen LogP contribution in [0, 0.1) is 5.41 Å². The van der Waals surface area contributed by atoms with E-state index >= 15 is 0 Å². The molecule has 3 N–H and O–H groups in total. The Morgan fingerprint density at radius 3 is 2.63 bits per heavy atom. The van der Waals surface area contributed by atoms with Gasteiger partial charge in [0.05, 0.1) is 12.1 Å². The van der Waals surface area contributed by atoms with Gasteiger partial charge in [0.2, 0.25) is 5.91 Å². The van der Waals surface area contributed by atoms with Crippen LogP contribution in [0.2, 0.25) is 0 Å². The fraction of sp³-hybridized carbons (Fsp3) is 0.929. The Morgan fingerprint density at radius 2 is 2.16 bits per heavy atom. The molecule has 1 saturated carbocycles. The number of thioether (sulfide) groups is 1. The zero-order chi connectivity index (χ0) is 14.5. The monoisotopic (exact) mass is 288 g/mol. The minimum atomic E-state index is -0.388. The molecule has 1 amide bonds. The second kappa shape index (κ2) is 7.50. The molecule has 1 aliphatic carbocycles. The van der Waals surface area contributed by atoms with E-state index in [2.05, 4.69) is 19.2 Å². The first kappa shape index (κ1) is 16.8. The summed E-state index contributed by atoms with van der Waals surface area (Å²) in [4.78, 5) is 12.1. The third-order valence-corrected chi connectivity index (χ3v) is 5.32. The zero-order valence-electron chi connectivity index (χ0n) is 12.6. The SMILES string of the molecule is CCC1(CC)C(NC(=O)[C@@H](N)CCSC)CC1OC. The molecule has 0 bridgehead atoms. The molecule has 5 heteroatoms. The summed E-state index contributed by atoms with van der Waals surface area (Å²) < 4.78 is 5.54. The lowest BCUT2D eigenvalue weighted by Crippen LogP contribution is -2.65. The molecule has 0 radical (unpaired) electrons. The van der Waals surface area contributed by atoms with Crippen LogP contribution in [0.1, 0.15) is 39.5 Å². The number of nitrogens with two attached hydrogens (primary N) is 1. The van der Waals surface area contributed by atoms with Crippen molar-refractivity contribution >= 4 is 17.7 Å². The van der Waals surface area contributed by atoms with Crippen molar-refractivity contribution in [1.82, 2.24) is 5.32 Å². The standard InChI is InChI=1S/C14H28N2O2S/c1-5-14(6-2)11(9-12(14)18-3)16-13(17)10(15)7-8-19-4/h10-12H,5-9,15H2,1-4H3,(H,16,17)/t10-,11?,12?/m0/s1. The average Bonchev–Trinajstić information content (AvgIpc) is 2.41. The maximum absolute atomic E-state index is 12.1.